The van der Waals surface area contributed by atoms with Gasteiger partial charge in [-0.05, 0) is 42.8 Å². The largest absolute Gasteiger partial charge is 0.494 e. The zero-order chi connectivity index (χ0) is 10.9. The molecule has 0 heterocycles. The van der Waals surface area contributed by atoms with Crippen LogP contribution in [0, 0.1) is 10.7 Å². The van der Waals surface area contributed by atoms with E-state index in [-0.39, 0.29) is 0 Å². The van der Waals surface area contributed by atoms with E-state index in [1.165, 1.54) is 11.8 Å². The van der Waals surface area contributed by atoms with E-state index in [0.29, 0.717) is 11.6 Å². The van der Waals surface area contributed by atoms with Crippen LogP contribution >= 0.6 is 23.4 Å². The van der Waals surface area contributed by atoms with Gasteiger partial charge in [-0.15, -0.1) is 0 Å². The smallest absolute Gasteiger partial charge is 0.133 e. The van der Waals surface area contributed by atoms with E-state index in [9.17, 15) is 0 Å². The normalized spacial score (nSPS) is 9.60. The van der Waals surface area contributed by atoms with Crippen molar-refractivity contribution in [3.05, 3.63) is 29.3 Å². The maximum Gasteiger partial charge on any atom is 0.133 e. The molecule has 15 heavy (non-hydrogen) atoms. The highest BCUT2D eigenvalue weighted by atomic mass is 35.5. The molecule has 2 nitrogen and oxygen atoms in total. The predicted molar refractivity (Wildman–Crippen MR) is 64.3 cm³/mol. The van der Waals surface area contributed by atoms with Crippen LogP contribution in [0.2, 0.25) is 5.02 Å². The number of thioether (sulfide) groups is 1. The molecule has 1 rings (SSSR count). The Hall–Kier alpha value is -0.850. The maximum absolute atomic E-state index is 8.30. The summed E-state index contributed by atoms with van der Waals surface area (Å²) in [5.41, 5.74) is 0. The van der Waals surface area contributed by atoms with Gasteiger partial charge < -0.3 is 4.74 Å². The Morgan fingerprint density at radius 2 is 2.27 bits per heavy atom. The standard InChI is InChI=1S/C11H12ClNOS/c12-10-4-3-5-11(8-10)14-6-1-2-7-15-9-13/h3-5,8H,1-2,6-7H2. The molecule has 0 atom stereocenters. The zero-order valence-electron chi connectivity index (χ0n) is 8.28. The summed E-state index contributed by atoms with van der Waals surface area (Å²) >= 11 is 7.09. The molecule has 0 aliphatic carbocycles. The molecule has 1 aromatic rings. The van der Waals surface area contributed by atoms with Crippen LogP contribution in [0.5, 0.6) is 5.75 Å². The minimum Gasteiger partial charge on any atom is -0.494 e. The maximum atomic E-state index is 8.30. The number of hydrogen-bond donors (Lipinski definition) is 0. The fraction of sp³-hybridized carbons (Fsp3) is 0.364. The van der Waals surface area contributed by atoms with Gasteiger partial charge in [0.05, 0.1) is 6.61 Å². The second-order valence-electron chi connectivity index (χ2n) is 2.95. The first-order valence-electron chi connectivity index (χ1n) is 4.72. The van der Waals surface area contributed by atoms with Crippen LogP contribution in [0.4, 0.5) is 0 Å². The Bertz CT molecular complexity index is 338. The number of halogens is 1. The lowest BCUT2D eigenvalue weighted by atomic mass is 10.3. The van der Waals surface area contributed by atoms with Crippen LogP contribution in [0.3, 0.4) is 0 Å². The molecule has 0 aromatic heterocycles. The van der Waals surface area contributed by atoms with Gasteiger partial charge in [-0.3, -0.25) is 0 Å². The number of unbranched alkanes of at least 4 members (excludes halogenated alkanes) is 1. The second kappa shape index (κ2) is 7.44. The number of rotatable bonds is 6. The van der Waals surface area contributed by atoms with Crippen LogP contribution in [0.15, 0.2) is 24.3 Å². The fourth-order valence-electron chi connectivity index (χ4n) is 1.07. The van der Waals surface area contributed by atoms with Gasteiger partial charge in [0.1, 0.15) is 11.2 Å². The molecule has 0 aliphatic heterocycles. The first-order valence-corrected chi connectivity index (χ1v) is 6.08. The summed E-state index contributed by atoms with van der Waals surface area (Å²) in [4.78, 5) is 0. The molecule has 0 spiro atoms. The Morgan fingerprint density at radius 1 is 1.40 bits per heavy atom. The highest BCUT2D eigenvalue weighted by molar-refractivity contribution is 8.03. The third kappa shape index (κ3) is 5.56. The summed E-state index contributed by atoms with van der Waals surface area (Å²) < 4.78 is 5.49. The van der Waals surface area contributed by atoms with E-state index in [0.717, 1.165) is 24.3 Å². The van der Waals surface area contributed by atoms with Crippen molar-refractivity contribution in [1.82, 2.24) is 0 Å². The molecular formula is C11H12ClNOS. The van der Waals surface area contributed by atoms with Gasteiger partial charge in [-0.1, -0.05) is 17.7 Å². The number of nitrogens with zero attached hydrogens (tertiary/aromatic N) is 1. The van der Waals surface area contributed by atoms with Crippen LogP contribution in [-0.4, -0.2) is 12.4 Å². The Balaban J connectivity index is 2.13. The van der Waals surface area contributed by atoms with Crippen LogP contribution in [-0.2, 0) is 0 Å². The van der Waals surface area contributed by atoms with Crippen molar-refractivity contribution in [3.63, 3.8) is 0 Å². The van der Waals surface area contributed by atoms with Gasteiger partial charge in [0, 0.05) is 10.8 Å². The Morgan fingerprint density at radius 3 is 3.00 bits per heavy atom. The van der Waals surface area contributed by atoms with Gasteiger partial charge in [-0.25, -0.2) is 0 Å². The van der Waals surface area contributed by atoms with E-state index in [2.05, 4.69) is 0 Å². The molecule has 1 aromatic carbocycles. The average molecular weight is 242 g/mol. The van der Waals surface area contributed by atoms with Crippen molar-refractivity contribution in [3.8, 4) is 11.2 Å². The van der Waals surface area contributed by atoms with Crippen LogP contribution in [0.1, 0.15) is 12.8 Å². The van der Waals surface area contributed by atoms with Crippen molar-refractivity contribution in [1.29, 1.82) is 5.26 Å². The van der Waals surface area contributed by atoms with Crippen molar-refractivity contribution < 1.29 is 4.74 Å². The molecule has 0 unspecified atom stereocenters. The topological polar surface area (TPSA) is 33.0 Å². The molecule has 0 fully saturated rings. The lowest BCUT2D eigenvalue weighted by molar-refractivity contribution is 0.310. The summed E-state index contributed by atoms with van der Waals surface area (Å²) in [6, 6.07) is 7.36. The van der Waals surface area contributed by atoms with E-state index < -0.39 is 0 Å². The van der Waals surface area contributed by atoms with Gasteiger partial charge in [0.15, 0.2) is 0 Å². The molecule has 0 radical (unpaired) electrons. The molecule has 0 aliphatic rings. The molecule has 0 bridgehead atoms. The third-order valence-electron chi connectivity index (χ3n) is 1.77. The number of hydrogen-bond acceptors (Lipinski definition) is 3. The molecule has 0 N–H and O–H groups in total. The molecule has 4 heteroatoms. The van der Waals surface area contributed by atoms with Gasteiger partial charge in [0.25, 0.3) is 0 Å². The monoisotopic (exact) mass is 241 g/mol. The van der Waals surface area contributed by atoms with E-state index >= 15 is 0 Å². The van der Waals surface area contributed by atoms with Crippen LogP contribution < -0.4 is 4.74 Å². The SMILES string of the molecule is N#CSCCCCOc1cccc(Cl)c1. The summed E-state index contributed by atoms with van der Waals surface area (Å²) in [6.45, 7) is 0.673. The van der Waals surface area contributed by atoms with Crippen molar-refractivity contribution in [2.75, 3.05) is 12.4 Å². The van der Waals surface area contributed by atoms with Gasteiger partial charge in [-0.2, -0.15) is 5.26 Å². The number of thiocyanates is 1. The number of nitriles is 1. The quantitative estimate of drug-likeness (QED) is 0.562. The van der Waals surface area contributed by atoms with Gasteiger partial charge in [0.2, 0.25) is 0 Å². The average Bonchev–Trinajstić information content (AvgIpc) is 2.23. The highest BCUT2D eigenvalue weighted by Gasteiger charge is 1.95. The molecular weight excluding hydrogens is 230 g/mol. The molecule has 0 saturated carbocycles. The van der Waals surface area contributed by atoms with E-state index in [4.69, 9.17) is 21.6 Å². The van der Waals surface area contributed by atoms with Crippen molar-refractivity contribution in [2.24, 2.45) is 0 Å². The van der Waals surface area contributed by atoms with Gasteiger partial charge >= 0.3 is 0 Å². The summed E-state index contributed by atoms with van der Waals surface area (Å²) in [7, 11) is 0. The Labute approximate surface area is 99.2 Å². The van der Waals surface area contributed by atoms with Crippen molar-refractivity contribution in [2.45, 2.75) is 12.8 Å². The molecule has 80 valence electrons. The Kier molecular flexibility index (Phi) is 6.06. The number of ether oxygens (including phenoxy) is 1. The first-order chi connectivity index (χ1) is 7.33. The number of benzene rings is 1. The summed E-state index contributed by atoms with van der Waals surface area (Å²) in [5, 5.41) is 11.0. The summed E-state index contributed by atoms with van der Waals surface area (Å²) in [5.74, 6) is 1.67. The minimum atomic E-state index is 0.673. The highest BCUT2D eigenvalue weighted by Crippen LogP contribution is 2.17. The van der Waals surface area contributed by atoms with Crippen molar-refractivity contribution >= 4 is 23.4 Å². The first kappa shape index (κ1) is 12.2. The predicted octanol–water partition coefficient (Wildman–Crippen LogP) is 3.71. The van der Waals surface area contributed by atoms with E-state index in [1.807, 2.05) is 23.6 Å². The zero-order valence-corrected chi connectivity index (χ0v) is 9.85. The third-order valence-corrected chi connectivity index (χ3v) is 2.63. The lowest BCUT2D eigenvalue weighted by Crippen LogP contribution is -1.97. The van der Waals surface area contributed by atoms with Crippen LogP contribution in [0.25, 0.3) is 0 Å². The molecule has 0 amide bonds. The minimum absolute atomic E-state index is 0.673. The second-order valence-corrected chi connectivity index (χ2v) is 4.27. The lowest BCUT2D eigenvalue weighted by Gasteiger charge is -2.05. The van der Waals surface area contributed by atoms with E-state index in [1.54, 1.807) is 6.07 Å². The molecule has 0 saturated heterocycles. The fourth-order valence-corrected chi connectivity index (χ4v) is 1.69. The summed E-state index contributed by atoms with van der Waals surface area (Å²) in [6.07, 6.45) is 1.96.